The van der Waals surface area contributed by atoms with Crippen molar-refractivity contribution in [2.75, 3.05) is 0 Å². The molecular weight excluding hydrogens is 466 g/mol. The Kier molecular flexibility index (Phi) is 12.7. The van der Waals surface area contributed by atoms with E-state index in [1.807, 2.05) is 4.90 Å². The second-order valence-corrected chi connectivity index (χ2v) is 13.5. The number of amides is 2. The lowest BCUT2D eigenvalue weighted by Crippen LogP contribution is -2.65. The molecule has 0 unspecified atom stereocenters. The zero-order chi connectivity index (χ0) is 26.5. The molecule has 3 nitrogen and oxygen atoms in total. The van der Waals surface area contributed by atoms with Crippen LogP contribution in [0.25, 0.3) is 0 Å². The van der Waals surface area contributed by atoms with E-state index in [0.29, 0.717) is 17.8 Å². The zero-order valence-electron chi connectivity index (χ0n) is 24.7. The molecule has 216 valence electrons. The Hall–Kier alpha value is -1.12. The number of carbonyl (C=O) groups is 2. The quantitative estimate of drug-likeness (QED) is 0.342. The molecule has 1 aliphatic heterocycles. The first-order valence-corrected chi connectivity index (χ1v) is 17.3. The van der Waals surface area contributed by atoms with Crippen molar-refractivity contribution in [3.8, 4) is 0 Å². The van der Waals surface area contributed by atoms with Crippen molar-refractivity contribution < 1.29 is 9.59 Å². The molecule has 2 amide bonds. The number of imide groups is 1. The monoisotopic (exact) mass is 525 g/mol. The Bertz CT molecular complexity index is 630. The summed E-state index contributed by atoms with van der Waals surface area (Å²) in [4.78, 5) is 29.6. The molecule has 0 aromatic heterocycles. The molecule has 3 saturated carbocycles. The van der Waals surface area contributed by atoms with E-state index in [1.165, 1.54) is 173 Å². The lowest BCUT2D eigenvalue weighted by atomic mass is 9.57. The van der Waals surface area contributed by atoms with E-state index in [4.69, 9.17) is 0 Å². The molecular formula is C35H59NO2. The molecule has 4 rings (SSSR count). The summed E-state index contributed by atoms with van der Waals surface area (Å²) in [5, 5.41) is 0. The molecule has 3 fully saturated rings. The second-order valence-electron chi connectivity index (χ2n) is 13.5. The lowest BCUT2D eigenvalue weighted by molar-refractivity contribution is -0.159. The lowest BCUT2D eigenvalue weighted by Gasteiger charge is -2.56. The van der Waals surface area contributed by atoms with E-state index >= 15 is 0 Å². The molecule has 0 radical (unpaired) electrons. The summed E-state index contributed by atoms with van der Waals surface area (Å²) >= 11 is 0. The summed E-state index contributed by atoms with van der Waals surface area (Å²) in [5.74, 6) is 1.43. The van der Waals surface area contributed by atoms with Gasteiger partial charge in [0.15, 0.2) is 0 Å². The van der Waals surface area contributed by atoms with Gasteiger partial charge in [-0.05, 0) is 56.3 Å². The highest BCUT2D eigenvalue weighted by Gasteiger charge is 2.57. The maximum absolute atomic E-state index is 13.8. The van der Waals surface area contributed by atoms with Crippen molar-refractivity contribution in [2.24, 2.45) is 17.8 Å². The highest BCUT2D eigenvalue weighted by Crippen LogP contribution is 2.52. The SMILES string of the molecule is O=C1C=CC(=O)N1C(C1CCCCCCCCC1)(C1CCCCCCCCC1)C1CCCCCCCCC1. The van der Waals surface area contributed by atoms with Gasteiger partial charge in [-0.3, -0.25) is 14.5 Å². The van der Waals surface area contributed by atoms with Crippen LogP contribution in [0.2, 0.25) is 0 Å². The normalized spacial score (nSPS) is 26.4. The van der Waals surface area contributed by atoms with Crippen molar-refractivity contribution in [2.45, 2.75) is 179 Å². The third-order valence-electron chi connectivity index (χ3n) is 11.0. The van der Waals surface area contributed by atoms with Gasteiger partial charge in [-0.2, -0.15) is 0 Å². The van der Waals surface area contributed by atoms with Crippen molar-refractivity contribution in [3.05, 3.63) is 12.2 Å². The van der Waals surface area contributed by atoms with E-state index < -0.39 is 0 Å². The van der Waals surface area contributed by atoms with Crippen LogP contribution in [0.5, 0.6) is 0 Å². The van der Waals surface area contributed by atoms with Crippen LogP contribution in [0.15, 0.2) is 12.2 Å². The van der Waals surface area contributed by atoms with Crippen LogP contribution in [-0.4, -0.2) is 22.3 Å². The van der Waals surface area contributed by atoms with Gasteiger partial charge in [0.25, 0.3) is 11.8 Å². The minimum Gasteiger partial charge on any atom is -0.269 e. The van der Waals surface area contributed by atoms with Crippen LogP contribution in [0.4, 0.5) is 0 Å². The minimum absolute atomic E-state index is 0.0151. The third kappa shape index (κ3) is 7.75. The van der Waals surface area contributed by atoms with Crippen LogP contribution in [0.3, 0.4) is 0 Å². The zero-order valence-corrected chi connectivity index (χ0v) is 24.7. The first-order valence-electron chi connectivity index (χ1n) is 17.3. The molecule has 3 aliphatic carbocycles. The average Bonchev–Trinajstić information content (AvgIpc) is 3.28. The first-order chi connectivity index (χ1) is 18.7. The van der Waals surface area contributed by atoms with Gasteiger partial charge in [0.2, 0.25) is 0 Å². The van der Waals surface area contributed by atoms with E-state index in [9.17, 15) is 9.59 Å². The molecule has 1 heterocycles. The van der Waals surface area contributed by atoms with Gasteiger partial charge in [0.1, 0.15) is 0 Å². The van der Waals surface area contributed by atoms with E-state index in [0.717, 1.165) is 0 Å². The van der Waals surface area contributed by atoms with E-state index in [2.05, 4.69) is 0 Å². The fourth-order valence-electron chi connectivity index (χ4n) is 9.15. The third-order valence-corrected chi connectivity index (χ3v) is 11.0. The summed E-state index contributed by atoms with van der Waals surface area (Å²) < 4.78 is 0. The molecule has 0 aromatic rings. The Morgan fingerprint density at radius 3 is 0.842 bits per heavy atom. The number of nitrogens with zero attached hydrogens (tertiary/aromatic N) is 1. The van der Waals surface area contributed by atoms with Gasteiger partial charge < -0.3 is 0 Å². The van der Waals surface area contributed by atoms with Crippen LogP contribution in [0.1, 0.15) is 173 Å². The molecule has 3 heteroatoms. The molecule has 0 atom stereocenters. The fourth-order valence-corrected chi connectivity index (χ4v) is 9.15. The van der Waals surface area contributed by atoms with Crippen molar-refractivity contribution in [1.29, 1.82) is 0 Å². The van der Waals surface area contributed by atoms with Gasteiger partial charge in [-0.25, -0.2) is 0 Å². The second kappa shape index (κ2) is 16.2. The maximum Gasteiger partial charge on any atom is 0.254 e. The van der Waals surface area contributed by atoms with Gasteiger partial charge in [-0.15, -0.1) is 0 Å². The maximum atomic E-state index is 13.8. The van der Waals surface area contributed by atoms with Gasteiger partial charge in [0, 0.05) is 12.2 Å². The van der Waals surface area contributed by atoms with Gasteiger partial charge in [0.05, 0.1) is 5.54 Å². The van der Waals surface area contributed by atoms with Crippen LogP contribution >= 0.6 is 0 Å². The number of rotatable bonds is 4. The molecule has 0 aromatic carbocycles. The minimum atomic E-state index is -0.282. The molecule has 38 heavy (non-hydrogen) atoms. The van der Waals surface area contributed by atoms with Crippen molar-refractivity contribution in [3.63, 3.8) is 0 Å². The largest absolute Gasteiger partial charge is 0.269 e. The van der Waals surface area contributed by atoms with Gasteiger partial charge >= 0.3 is 0 Å². The Balaban J connectivity index is 1.79. The summed E-state index contributed by atoms with van der Waals surface area (Å²) in [5.41, 5.74) is -0.282. The molecule has 0 N–H and O–H groups in total. The Morgan fingerprint density at radius 2 is 0.605 bits per heavy atom. The van der Waals surface area contributed by atoms with Crippen LogP contribution < -0.4 is 0 Å². The van der Waals surface area contributed by atoms with E-state index in [1.54, 1.807) is 12.2 Å². The Morgan fingerprint density at radius 1 is 0.395 bits per heavy atom. The summed E-state index contributed by atoms with van der Waals surface area (Å²) in [6.45, 7) is 0. The topological polar surface area (TPSA) is 37.4 Å². The highest BCUT2D eigenvalue weighted by atomic mass is 16.2. The van der Waals surface area contributed by atoms with Gasteiger partial charge in [-0.1, -0.05) is 135 Å². The average molecular weight is 526 g/mol. The molecule has 0 bridgehead atoms. The Labute approximate surface area is 235 Å². The molecule has 0 spiro atoms. The first kappa shape index (κ1) is 29.9. The summed E-state index contributed by atoms with van der Waals surface area (Å²) in [6, 6.07) is 0. The number of hydrogen-bond donors (Lipinski definition) is 0. The molecule has 0 saturated heterocycles. The summed E-state index contributed by atoms with van der Waals surface area (Å²) in [6.07, 6.45) is 38.4. The number of hydrogen-bond acceptors (Lipinski definition) is 2. The highest BCUT2D eigenvalue weighted by molar-refractivity contribution is 6.13. The number of carbonyl (C=O) groups excluding carboxylic acids is 2. The predicted octanol–water partition coefficient (Wildman–Crippen LogP) is 10.1. The smallest absolute Gasteiger partial charge is 0.254 e. The van der Waals surface area contributed by atoms with Crippen LogP contribution in [-0.2, 0) is 9.59 Å². The van der Waals surface area contributed by atoms with E-state index in [-0.39, 0.29) is 17.4 Å². The van der Waals surface area contributed by atoms with Crippen molar-refractivity contribution >= 4 is 11.8 Å². The molecule has 4 aliphatic rings. The standard InChI is InChI=1S/C35H59NO2/c37-33-28-29-34(38)36(33)35(30-22-16-10-4-1-5-11-17-23-30,31-24-18-12-6-2-7-13-19-25-31)32-26-20-14-8-3-9-15-21-27-32/h28-32H,1-27H2. The predicted molar refractivity (Wildman–Crippen MR) is 159 cm³/mol. The summed E-state index contributed by atoms with van der Waals surface area (Å²) in [7, 11) is 0. The van der Waals surface area contributed by atoms with Crippen molar-refractivity contribution in [1.82, 2.24) is 4.90 Å². The van der Waals surface area contributed by atoms with Crippen LogP contribution in [0, 0.1) is 17.8 Å². The fraction of sp³-hybridized carbons (Fsp3) is 0.886.